The van der Waals surface area contributed by atoms with Crippen LogP contribution in [0.2, 0.25) is 0 Å². The molecule has 1 saturated heterocycles. The number of nitrogens with zero attached hydrogens (tertiary/aromatic N) is 1. The van der Waals surface area contributed by atoms with Crippen molar-refractivity contribution in [3.05, 3.63) is 12.8 Å². The molecule has 16 heavy (non-hydrogen) atoms. The van der Waals surface area contributed by atoms with Crippen LogP contribution in [-0.4, -0.2) is 40.5 Å². The number of fused-ring (bicyclic) bond motifs is 1. The number of carbonyl (C=O) groups is 1. The zero-order valence-electron chi connectivity index (χ0n) is 8.60. The summed E-state index contributed by atoms with van der Waals surface area (Å²) in [5.74, 6) is -0.316. The summed E-state index contributed by atoms with van der Waals surface area (Å²) in [5.41, 5.74) is -0.0608. The third kappa shape index (κ3) is 2.99. The molecule has 2 rings (SSSR count). The summed E-state index contributed by atoms with van der Waals surface area (Å²) in [6, 6.07) is -0.0777. The maximum atomic E-state index is 10.7. The number of thioether (sulfide) groups is 1. The van der Waals surface area contributed by atoms with Crippen molar-refractivity contribution in [3.63, 3.8) is 0 Å². The van der Waals surface area contributed by atoms with Crippen molar-refractivity contribution >= 4 is 38.7 Å². The topological polar surface area (TPSA) is 47.9 Å². The molecule has 0 aromatic rings. The van der Waals surface area contributed by atoms with Crippen molar-refractivity contribution < 1.29 is 14.3 Å². The minimum atomic E-state index is -0.331. The predicted octanol–water partition coefficient (Wildman–Crippen LogP) is 1.35. The van der Waals surface area contributed by atoms with E-state index in [1.165, 1.54) is 6.92 Å². The van der Waals surface area contributed by atoms with Gasteiger partial charge < -0.3 is 9.47 Å². The first-order valence-electron chi connectivity index (χ1n) is 4.78. The van der Waals surface area contributed by atoms with Crippen LogP contribution in [-0.2, 0) is 14.3 Å². The molecule has 0 amide bonds. The number of hydrogen-bond donors (Lipinski definition) is 0. The van der Waals surface area contributed by atoms with Crippen LogP contribution in [0.3, 0.4) is 0 Å². The number of esters is 1. The SMILES string of the molecule is CC(=O)OC[C@H]1[C][C][C@H]2N=C(CBr)S[C@H]2O1. The van der Waals surface area contributed by atoms with E-state index in [1.54, 1.807) is 11.8 Å². The summed E-state index contributed by atoms with van der Waals surface area (Å²) in [5, 5.41) is 1.72. The quantitative estimate of drug-likeness (QED) is 0.583. The summed E-state index contributed by atoms with van der Waals surface area (Å²) >= 11 is 4.92. The van der Waals surface area contributed by atoms with Crippen molar-refractivity contribution in [2.45, 2.75) is 24.5 Å². The van der Waals surface area contributed by atoms with Gasteiger partial charge in [0.15, 0.2) is 0 Å². The van der Waals surface area contributed by atoms with Gasteiger partial charge in [0.05, 0.1) is 16.4 Å². The second-order valence-corrected chi connectivity index (χ2v) is 5.04. The highest BCUT2D eigenvalue weighted by atomic mass is 79.9. The molecule has 1 fully saturated rings. The van der Waals surface area contributed by atoms with Gasteiger partial charge in [0, 0.05) is 19.8 Å². The molecule has 6 heteroatoms. The molecule has 2 heterocycles. The molecule has 86 valence electrons. The van der Waals surface area contributed by atoms with E-state index < -0.39 is 0 Å². The van der Waals surface area contributed by atoms with Crippen molar-refractivity contribution in [1.29, 1.82) is 0 Å². The Bertz CT molecular complexity index is 310. The van der Waals surface area contributed by atoms with Crippen molar-refractivity contribution in [2.75, 3.05) is 11.9 Å². The zero-order valence-corrected chi connectivity index (χ0v) is 11.0. The lowest BCUT2D eigenvalue weighted by molar-refractivity contribution is -0.145. The average Bonchev–Trinajstić information content (AvgIpc) is 2.68. The number of alkyl halides is 1. The Morgan fingerprint density at radius 2 is 2.50 bits per heavy atom. The van der Waals surface area contributed by atoms with E-state index in [-0.39, 0.29) is 30.2 Å². The van der Waals surface area contributed by atoms with Gasteiger partial charge in [-0.05, 0) is 0 Å². The van der Waals surface area contributed by atoms with Gasteiger partial charge in [-0.2, -0.15) is 0 Å². The first kappa shape index (κ1) is 12.4. The fourth-order valence-electron chi connectivity index (χ4n) is 1.36. The standard InChI is InChI=1S/C10H10BrNO3S/c1-6(13)14-5-7-2-3-8-10(15-7)16-9(4-11)12-8/h7-8,10H,4-5H2,1H3/t7-,8-,10-/m1/s1. The van der Waals surface area contributed by atoms with Gasteiger partial charge in [-0.1, -0.05) is 27.7 Å². The molecule has 4 radical (unpaired) electrons. The highest BCUT2D eigenvalue weighted by Gasteiger charge is 2.37. The maximum Gasteiger partial charge on any atom is 0.302 e. The van der Waals surface area contributed by atoms with E-state index in [0.717, 1.165) is 10.4 Å². The van der Waals surface area contributed by atoms with Gasteiger partial charge in [0.1, 0.15) is 18.1 Å². The molecule has 4 nitrogen and oxygen atoms in total. The Morgan fingerprint density at radius 1 is 1.69 bits per heavy atom. The molecular formula is C10H10BrNO3S. The van der Waals surface area contributed by atoms with E-state index in [2.05, 4.69) is 33.8 Å². The minimum absolute atomic E-state index is 0.0608. The smallest absolute Gasteiger partial charge is 0.302 e. The number of ether oxygens (including phenoxy) is 2. The Labute approximate surface area is 107 Å². The lowest BCUT2D eigenvalue weighted by Gasteiger charge is -2.29. The third-order valence-corrected chi connectivity index (χ3v) is 4.06. The monoisotopic (exact) mass is 303 g/mol. The summed E-state index contributed by atoms with van der Waals surface area (Å²) in [6.07, 6.45) is 5.60. The van der Waals surface area contributed by atoms with Crippen LogP contribution in [0.5, 0.6) is 0 Å². The van der Waals surface area contributed by atoms with Crippen molar-refractivity contribution in [3.8, 4) is 0 Å². The highest BCUT2D eigenvalue weighted by Crippen LogP contribution is 2.35. The van der Waals surface area contributed by atoms with E-state index in [9.17, 15) is 4.79 Å². The van der Waals surface area contributed by atoms with Crippen LogP contribution in [0.1, 0.15) is 6.92 Å². The maximum absolute atomic E-state index is 10.7. The molecule has 0 N–H and O–H groups in total. The number of halogens is 1. The average molecular weight is 304 g/mol. The Morgan fingerprint density at radius 3 is 3.19 bits per heavy atom. The normalized spacial score (nSPS) is 33.1. The molecule has 0 spiro atoms. The van der Waals surface area contributed by atoms with Crippen LogP contribution in [0.4, 0.5) is 0 Å². The molecule has 0 aliphatic carbocycles. The molecule has 0 bridgehead atoms. The molecule has 0 aromatic heterocycles. The Kier molecular flexibility index (Phi) is 4.27. The molecule has 0 unspecified atom stereocenters. The largest absolute Gasteiger partial charge is 0.463 e. The third-order valence-electron chi connectivity index (χ3n) is 2.04. The molecule has 2 aliphatic rings. The fraction of sp³-hybridized carbons (Fsp3) is 0.600. The van der Waals surface area contributed by atoms with Gasteiger partial charge in [0.2, 0.25) is 0 Å². The number of aliphatic imine (C=N–C) groups is 1. The van der Waals surface area contributed by atoms with Crippen molar-refractivity contribution in [1.82, 2.24) is 0 Å². The molecule has 2 aliphatic heterocycles. The van der Waals surface area contributed by atoms with E-state index in [0.29, 0.717) is 0 Å². The summed E-state index contributed by atoms with van der Waals surface area (Å²) in [6.45, 7) is 1.56. The van der Waals surface area contributed by atoms with Gasteiger partial charge in [-0.25, -0.2) is 0 Å². The summed E-state index contributed by atoms with van der Waals surface area (Å²) in [7, 11) is 0. The van der Waals surface area contributed by atoms with Crippen molar-refractivity contribution in [2.24, 2.45) is 4.99 Å². The number of carbonyl (C=O) groups excluding carboxylic acids is 1. The number of rotatable bonds is 3. The van der Waals surface area contributed by atoms with Crippen LogP contribution in [0.25, 0.3) is 0 Å². The summed E-state index contributed by atoms with van der Waals surface area (Å²) in [4.78, 5) is 15.0. The first-order valence-corrected chi connectivity index (χ1v) is 6.78. The van der Waals surface area contributed by atoms with Gasteiger partial charge >= 0.3 is 5.97 Å². The zero-order chi connectivity index (χ0) is 11.5. The van der Waals surface area contributed by atoms with E-state index in [1.807, 2.05) is 0 Å². The van der Waals surface area contributed by atoms with Gasteiger partial charge in [-0.3, -0.25) is 9.79 Å². The van der Waals surface area contributed by atoms with Gasteiger partial charge in [-0.15, -0.1) is 0 Å². The van der Waals surface area contributed by atoms with Crippen LogP contribution >= 0.6 is 27.7 Å². The minimum Gasteiger partial charge on any atom is -0.463 e. The second-order valence-electron chi connectivity index (χ2n) is 3.30. The van der Waals surface area contributed by atoms with Crippen LogP contribution in [0, 0.1) is 12.8 Å². The first-order chi connectivity index (χ1) is 7.69. The van der Waals surface area contributed by atoms with Gasteiger partial charge in [0.25, 0.3) is 0 Å². The summed E-state index contributed by atoms with van der Waals surface area (Å²) < 4.78 is 10.5. The van der Waals surface area contributed by atoms with Crippen LogP contribution in [0.15, 0.2) is 4.99 Å². The lowest BCUT2D eigenvalue weighted by Crippen LogP contribution is -2.37. The second kappa shape index (κ2) is 5.51. The predicted molar refractivity (Wildman–Crippen MR) is 64.4 cm³/mol. The molecule has 0 saturated carbocycles. The fourth-order valence-corrected chi connectivity index (χ4v) is 2.86. The van der Waals surface area contributed by atoms with Crippen LogP contribution < -0.4 is 0 Å². The lowest BCUT2D eigenvalue weighted by atomic mass is 10.1. The van der Waals surface area contributed by atoms with E-state index >= 15 is 0 Å². The molecular weight excluding hydrogens is 294 g/mol. The van der Waals surface area contributed by atoms with E-state index in [4.69, 9.17) is 9.47 Å². The number of hydrogen-bond acceptors (Lipinski definition) is 5. The molecule has 3 atom stereocenters. The molecule has 0 aromatic carbocycles. The Hall–Kier alpha value is -0.0700. The highest BCUT2D eigenvalue weighted by molar-refractivity contribution is 9.09. The Balaban J connectivity index is 1.82.